The molecule has 1 aromatic carbocycles. The molecule has 8 nitrogen and oxygen atoms in total. The third-order valence-electron chi connectivity index (χ3n) is 5.77. The topological polar surface area (TPSA) is 107 Å². The Morgan fingerprint density at radius 1 is 1.18 bits per heavy atom. The fraction of sp³-hybridized carbons (Fsp3) is 0.500. The van der Waals surface area contributed by atoms with Gasteiger partial charge in [0.25, 0.3) is 0 Å². The van der Waals surface area contributed by atoms with E-state index < -0.39 is 23.2 Å². The van der Waals surface area contributed by atoms with Gasteiger partial charge in [-0.25, -0.2) is 4.98 Å². The molecule has 1 unspecified atom stereocenters. The second-order valence-electron chi connectivity index (χ2n) is 8.71. The van der Waals surface area contributed by atoms with E-state index in [4.69, 9.17) is 4.74 Å². The summed E-state index contributed by atoms with van der Waals surface area (Å²) in [6.07, 6.45) is -1.37. The van der Waals surface area contributed by atoms with Crippen LogP contribution < -0.4 is 4.74 Å². The van der Waals surface area contributed by atoms with E-state index in [9.17, 15) is 21.9 Å². The Hall–Kier alpha value is -2.57. The number of nitrogens with one attached hydrogen (secondary N) is 1. The van der Waals surface area contributed by atoms with Gasteiger partial charge in [0.05, 0.1) is 0 Å². The smallest absolute Gasteiger partial charge is 0.422 e. The molecule has 1 aliphatic heterocycles. The van der Waals surface area contributed by atoms with Crippen molar-refractivity contribution < 1.29 is 26.7 Å². The summed E-state index contributed by atoms with van der Waals surface area (Å²) < 4.78 is 67.8. The second-order valence-corrected chi connectivity index (χ2v) is 10.7. The zero-order valence-electron chi connectivity index (χ0n) is 18.9. The Kier molecular flexibility index (Phi) is 6.92. The minimum atomic E-state index is -4.51. The molecule has 0 spiro atoms. The van der Waals surface area contributed by atoms with Gasteiger partial charge in [0.1, 0.15) is 28.3 Å². The molecule has 34 heavy (non-hydrogen) atoms. The Balaban J connectivity index is 1.53. The average molecular weight is 498 g/mol. The van der Waals surface area contributed by atoms with Crippen LogP contribution in [0.2, 0.25) is 0 Å². The lowest BCUT2D eigenvalue weighted by Gasteiger charge is -2.32. The third kappa shape index (κ3) is 6.51. The van der Waals surface area contributed by atoms with E-state index in [2.05, 4.69) is 19.9 Å². The minimum absolute atomic E-state index is 0.114. The van der Waals surface area contributed by atoms with Crippen molar-refractivity contribution in [1.82, 2.24) is 24.2 Å². The van der Waals surface area contributed by atoms with Gasteiger partial charge >= 0.3 is 12.2 Å². The number of hydrogen-bond acceptors (Lipinski definition) is 6. The number of halogens is 3. The van der Waals surface area contributed by atoms with Crippen molar-refractivity contribution in [3.05, 3.63) is 47.2 Å². The Labute approximate surface area is 196 Å². The summed E-state index contributed by atoms with van der Waals surface area (Å²) in [5.41, 5.74) is 2.93. The van der Waals surface area contributed by atoms with Crippen molar-refractivity contribution in [2.45, 2.75) is 38.8 Å². The van der Waals surface area contributed by atoms with E-state index in [1.165, 1.54) is 10.6 Å². The summed E-state index contributed by atoms with van der Waals surface area (Å²) in [6, 6.07) is 7.50. The molecule has 0 aliphatic carbocycles. The fourth-order valence-corrected chi connectivity index (χ4v) is 5.02. The normalized spacial score (nSPS) is 17.7. The molecular weight excluding hydrogens is 471 g/mol. The van der Waals surface area contributed by atoms with Crippen molar-refractivity contribution in [2.75, 3.05) is 26.0 Å². The van der Waals surface area contributed by atoms with E-state index in [1.807, 2.05) is 31.2 Å². The molecule has 0 amide bonds. The average Bonchev–Trinajstić information content (AvgIpc) is 3.11. The van der Waals surface area contributed by atoms with Gasteiger partial charge in [-0.15, -0.1) is 4.31 Å². The van der Waals surface area contributed by atoms with E-state index in [-0.39, 0.29) is 11.9 Å². The summed E-state index contributed by atoms with van der Waals surface area (Å²) in [6.45, 7) is 1.27. The number of aryl methyl sites for hydroxylation is 1. The number of nitrogens with zero attached hydrogens (tertiary/aromatic N) is 4. The maximum Gasteiger partial charge on any atom is 0.422 e. The van der Waals surface area contributed by atoms with Gasteiger partial charge in [-0.2, -0.15) is 23.1 Å². The molecule has 1 saturated heterocycles. The second kappa shape index (κ2) is 9.59. The standard InChI is InChI=1S/C22H26F3N5O3S/c1-14-9-17-10-16(3-4-18(17)26-14)12-20-27-19(28-21(29-20)33-13-22(23,24)25)11-15-5-7-30(8-6-15)34(2,31)32/h3-4,9-10,15,26H,5-8,11-13H2,1-2H3. The first-order valence-corrected chi connectivity index (χ1v) is 12.8. The van der Waals surface area contributed by atoms with Crippen LogP contribution in [-0.4, -0.2) is 60.9 Å². The molecule has 0 saturated carbocycles. The van der Waals surface area contributed by atoms with Gasteiger partial charge in [0, 0.05) is 37.1 Å². The lowest BCUT2D eigenvalue weighted by Crippen LogP contribution is -2.41. The number of hydrogen-bond donors (Lipinski definition) is 1. The van der Waals surface area contributed by atoms with Gasteiger partial charge < -0.3 is 14.3 Å². The molecule has 2 aromatic heterocycles. The molecule has 1 N–H and O–H groups in total. The highest BCUT2D eigenvalue weighted by atomic mass is 32.3. The molecule has 3 heterocycles. The van der Waals surface area contributed by atoms with Crippen LogP contribution in [0.15, 0.2) is 24.3 Å². The number of alkyl halides is 3. The maximum atomic E-state index is 12.7. The maximum absolute atomic E-state index is 12.7. The highest BCUT2D eigenvalue weighted by Crippen LogP contribution is 2.25. The Bertz CT molecular complexity index is 1200. The number of rotatable bonds is 7. The van der Waals surface area contributed by atoms with Gasteiger partial charge in [0.15, 0.2) is 6.61 Å². The Morgan fingerprint density at radius 2 is 1.88 bits per heavy atom. The molecule has 184 valence electrons. The van der Waals surface area contributed by atoms with E-state index in [0.717, 1.165) is 22.2 Å². The van der Waals surface area contributed by atoms with Crippen LogP contribution in [0.5, 0.6) is 6.01 Å². The lowest BCUT2D eigenvalue weighted by molar-refractivity contribution is -0.154. The van der Waals surface area contributed by atoms with Gasteiger partial charge in [-0.3, -0.25) is 0 Å². The highest BCUT2D eigenvalue weighted by molar-refractivity contribution is 7.94. The monoisotopic (exact) mass is 497 g/mol. The van der Waals surface area contributed by atoms with Crippen LogP contribution in [0.1, 0.15) is 35.7 Å². The zero-order chi connectivity index (χ0) is 24.5. The third-order valence-corrected chi connectivity index (χ3v) is 7.07. The number of aromatic amines is 1. The summed E-state index contributed by atoms with van der Waals surface area (Å²) in [5.74, 6) is 0.781. The van der Waals surface area contributed by atoms with Gasteiger partial charge in [0.2, 0.25) is 0 Å². The largest absolute Gasteiger partial charge is 0.598 e. The number of aromatic nitrogens is 4. The van der Waals surface area contributed by atoms with Crippen LogP contribution in [0.3, 0.4) is 0 Å². The van der Waals surface area contributed by atoms with Crippen molar-refractivity contribution in [3.63, 3.8) is 0 Å². The number of sulfonamides is 1. The van der Waals surface area contributed by atoms with Crippen LogP contribution >= 0.6 is 0 Å². The van der Waals surface area contributed by atoms with Crippen molar-refractivity contribution in [3.8, 4) is 6.01 Å². The Morgan fingerprint density at radius 3 is 2.56 bits per heavy atom. The molecule has 1 aliphatic rings. The fourth-order valence-electron chi connectivity index (χ4n) is 4.15. The predicted octanol–water partition coefficient (Wildman–Crippen LogP) is 3.62. The van der Waals surface area contributed by atoms with Crippen molar-refractivity contribution in [2.24, 2.45) is 5.92 Å². The number of ether oxygens (including phenoxy) is 1. The molecule has 3 aromatic rings. The highest BCUT2D eigenvalue weighted by Gasteiger charge is 2.30. The van der Waals surface area contributed by atoms with E-state index >= 15 is 0 Å². The quantitative estimate of drug-likeness (QED) is 0.500. The number of benzene rings is 1. The lowest BCUT2D eigenvalue weighted by atomic mass is 9.94. The molecular formula is C22H26F3N5O3S. The summed E-state index contributed by atoms with van der Waals surface area (Å²) in [7, 11) is -3.24. The van der Waals surface area contributed by atoms with E-state index in [0.29, 0.717) is 50.4 Å². The van der Waals surface area contributed by atoms with Crippen molar-refractivity contribution in [1.29, 1.82) is 0 Å². The predicted molar refractivity (Wildman–Crippen MR) is 120 cm³/mol. The van der Waals surface area contributed by atoms with Crippen LogP contribution in [-0.2, 0) is 27.5 Å². The van der Waals surface area contributed by atoms with Crippen LogP contribution in [0.25, 0.3) is 10.9 Å². The molecule has 1 atom stereocenters. The first-order chi connectivity index (χ1) is 15.9. The summed E-state index contributed by atoms with van der Waals surface area (Å²) in [5, 5.41) is 1.02. The first-order valence-electron chi connectivity index (χ1n) is 10.9. The number of H-pyrrole nitrogens is 1. The number of fused-ring (bicyclic) bond motifs is 1. The number of piperidine rings is 1. The SMILES string of the molecule is Cc1cc2cc(Cc3nc(CC4CCN([S+](C)(=O)[O-])CC4)nc(OCC(F)(F)F)n3)ccc2[nH]1. The first kappa shape index (κ1) is 24.6. The molecule has 12 heteroatoms. The van der Waals surface area contributed by atoms with E-state index in [1.54, 1.807) is 0 Å². The van der Waals surface area contributed by atoms with Gasteiger partial charge in [-0.1, -0.05) is 10.3 Å². The minimum Gasteiger partial charge on any atom is -0.598 e. The molecule has 0 radical (unpaired) electrons. The summed E-state index contributed by atoms with van der Waals surface area (Å²) in [4.78, 5) is 16.0. The van der Waals surface area contributed by atoms with Crippen LogP contribution in [0.4, 0.5) is 13.2 Å². The summed E-state index contributed by atoms with van der Waals surface area (Å²) >= 11 is 0. The zero-order valence-corrected chi connectivity index (χ0v) is 19.7. The molecule has 4 rings (SSSR count). The van der Waals surface area contributed by atoms with Crippen molar-refractivity contribution >= 4 is 21.3 Å². The molecule has 1 fully saturated rings. The van der Waals surface area contributed by atoms with Crippen LogP contribution in [0, 0.1) is 12.8 Å². The molecule has 0 bridgehead atoms. The van der Waals surface area contributed by atoms with Gasteiger partial charge in [-0.05, 0) is 54.8 Å².